The number of rotatable bonds is 6. The number of para-hydroxylation sites is 2. The van der Waals surface area contributed by atoms with Gasteiger partial charge in [0.05, 0.1) is 4.90 Å². The van der Waals surface area contributed by atoms with E-state index >= 15 is 0 Å². The smallest absolute Gasteiger partial charge is 0.388 e. The van der Waals surface area contributed by atoms with E-state index in [1.165, 1.54) is 24.3 Å². The monoisotopic (exact) mass is 526 g/mol. The van der Waals surface area contributed by atoms with E-state index in [0.717, 1.165) is 5.56 Å². The van der Waals surface area contributed by atoms with Crippen LogP contribution in [0.4, 0.5) is 0 Å². The van der Waals surface area contributed by atoms with Gasteiger partial charge in [0.15, 0.2) is 11.5 Å². The molecule has 1 amide bonds. The highest BCUT2D eigenvalue weighted by atomic mass is 35.6. The van der Waals surface area contributed by atoms with Gasteiger partial charge in [0.1, 0.15) is 0 Å². The van der Waals surface area contributed by atoms with Crippen LogP contribution in [0.2, 0.25) is 0 Å². The summed E-state index contributed by atoms with van der Waals surface area (Å²) in [5, 5.41) is 2.44. The maximum Gasteiger partial charge on any atom is 0.388 e. The van der Waals surface area contributed by atoms with Crippen LogP contribution in [0.5, 0.6) is 11.5 Å². The zero-order valence-electron chi connectivity index (χ0n) is 16.8. The highest BCUT2D eigenvalue weighted by molar-refractivity contribution is 7.89. The van der Waals surface area contributed by atoms with Gasteiger partial charge in [-0.25, -0.2) is 13.1 Å². The quantitative estimate of drug-likeness (QED) is 0.464. The van der Waals surface area contributed by atoms with Crippen LogP contribution in [-0.4, -0.2) is 24.0 Å². The molecule has 2 N–H and O–H groups in total. The maximum atomic E-state index is 13.0. The van der Waals surface area contributed by atoms with Crippen LogP contribution in [0.1, 0.15) is 15.9 Å². The van der Waals surface area contributed by atoms with E-state index in [9.17, 15) is 13.2 Å². The molecular weight excluding hydrogens is 511 g/mol. The summed E-state index contributed by atoms with van der Waals surface area (Å²) in [4.78, 5) is 12.9. The average molecular weight is 528 g/mol. The van der Waals surface area contributed by atoms with Crippen molar-refractivity contribution < 1.29 is 22.7 Å². The summed E-state index contributed by atoms with van der Waals surface area (Å²) in [6, 6.07) is 21.0. The molecule has 3 aromatic rings. The SMILES string of the molecule is O=C(NC1(C(Cl)(Cl)Cl)Oc2ccccc2O1)c1cccc(S(=O)(=O)NCc2ccccc2)c1. The number of halogens is 3. The van der Waals surface area contributed by atoms with Gasteiger partial charge in [-0.1, -0.05) is 83.3 Å². The fourth-order valence-electron chi connectivity index (χ4n) is 3.07. The largest absolute Gasteiger partial charge is 0.428 e. The number of benzene rings is 3. The van der Waals surface area contributed by atoms with E-state index in [1.54, 1.807) is 48.5 Å². The second kappa shape index (κ2) is 9.04. The van der Waals surface area contributed by atoms with Crippen molar-refractivity contribution in [2.45, 2.75) is 21.1 Å². The average Bonchev–Trinajstić information content (AvgIpc) is 3.18. The molecular formula is C22H17Cl3N2O5S. The molecule has 4 rings (SSSR count). The van der Waals surface area contributed by atoms with Gasteiger partial charge < -0.3 is 9.47 Å². The Labute approximate surface area is 205 Å². The van der Waals surface area contributed by atoms with E-state index in [0.29, 0.717) is 0 Å². The fraction of sp³-hybridized carbons (Fsp3) is 0.136. The Kier molecular flexibility index (Phi) is 6.48. The second-order valence-electron chi connectivity index (χ2n) is 7.06. The van der Waals surface area contributed by atoms with Crippen molar-refractivity contribution in [1.82, 2.24) is 10.0 Å². The number of hydrogen-bond acceptors (Lipinski definition) is 5. The standard InChI is InChI=1S/C22H17Cl3N2O5S/c23-21(24,25)22(31-18-11-4-5-12-19(18)32-22)27-20(28)16-9-6-10-17(13-16)33(29,30)26-14-15-7-2-1-3-8-15/h1-13,26H,14H2,(H,27,28). The summed E-state index contributed by atoms with van der Waals surface area (Å²) in [5.74, 6) is -2.39. The Morgan fingerprint density at radius 3 is 2.09 bits per heavy atom. The van der Waals surface area contributed by atoms with Crippen molar-refractivity contribution in [3.8, 4) is 11.5 Å². The molecule has 0 atom stereocenters. The number of fused-ring (bicyclic) bond motifs is 1. The van der Waals surface area contributed by atoms with Crippen LogP contribution >= 0.6 is 34.8 Å². The Morgan fingerprint density at radius 2 is 1.48 bits per heavy atom. The van der Waals surface area contributed by atoms with Gasteiger partial charge in [-0.15, -0.1) is 0 Å². The molecule has 0 saturated carbocycles. The molecule has 1 aliphatic heterocycles. The number of hydrogen-bond donors (Lipinski definition) is 2. The molecule has 33 heavy (non-hydrogen) atoms. The third kappa shape index (κ3) is 5.05. The van der Waals surface area contributed by atoms with Crippen LogP contribution in [0.25, 0.3) is 0 Å². The van der Waals surface area contributed by atoms with Crippen LogP contribution in [0, 0.1) is 0 Å². The normalized spacial score (nSPS) is 14.6. The van der Waals surface area contributed by atoms with E-state index in [2.05, 4.69) is 10.0 Å². The predicted octanol–water partition coefficient (Wildman–Crippen LogP) is 4.39. The van der Waals surface area contributed by atoms with Gasteiger partial charge in [0, 0.05) is 12.1 Å². The molecule has 0 spiro atoms. The maximum absolute atomic E-state index is 13.0. The molecule has 3 aromatic carbocycles. The number of alkyl halides is 3. The zero-order chi connectivity index (χ0) is 23.7. The van der Waals surface area contributed by atoms with Crippen LogP contribution < -0.4 is 19.5 Å². The number of ether oxygens (including phenoxy) is 2. The highest BCUT2D eigenvalue weighted by Gasteiger charge is 2.59. The van der Waals surface area contributed by atoms with Crippen LogP contribution in [-0.2, 0) is 16.6 Å². The first kappa shape index (κ1) is 23.7. The first-order valence-corrected chi connectivity index (χ1v) is 12.2. The van der Waals surface area contributed by atoms with E-state index < -0.39 is 25.6 Å². The lowest BCUT2D eigenvalue weighted by Gasteiger charge is -2.33. The van der Waals surface area contributed by atoms with Crippen LogP contribution in [0.3, 0.4) is 0 Å². The van der Waals surface area contributed by atoms with Gasteiger partial charge in [-0.3, -0.25) is 10.1 Å². The number of carbonyl (C=O) groups excluding carboxylic acids is 1. The number of nitrogens with one attached hydrogen (secondary N) is 2. The third-order valence-corrected chi connectivity index (χ3v) is 6.87. The molecule has 0 bridgehead atoms. The molecule has 0 radical (unpaired) electrons. The van der Waals surface area contributed by atoms with Crippen LogP contribution in [0.15, 0.2) is 83.8 Å². The van der Waals surface area contributed by atoms with Gasteiger partial charge in [0.2, 0.25) is 10.0 Å². The molecule has 0 saturated heterocycles. The second-order valence-corrected chi connectivity index (χ2v) is 11.1. The fourth-order valence-corrected chi connectivity index (χ4v) is 4.51. The molecule has 11 heteroatoms. The summed E-state index contributed by atoms with van der Waals surface area (Å²) in [5.41, 5.74) is 0.782. The summed E-state index contributed by atoms with van der Waals surface area (Å²) >= 11 is 18.2. The Bertz CT molecular complexity index is 1260. The van der Waals surface area contributed by atoms with Crippen molar-refractivity contribution in [2.24, 2.45) is 0 Å². The van der Waals surface area contributed by atoms with Gasteiger partial charge in [0.25, 0.3) is 9.70 Å². The van der Waals surface area contributed by atoms with Crippen molar-refractivity contribution in [1.29, 1.82) is 0 Å². The summed E-state index contributed by atoms with van der Waals surface area (Å²) < 4.78 is 37.1. The van der Waals surface area contributed by atoms with Gasteiger partial charge in [-0.2, -0.15) is 0 Å². The molecule has 0 unspecified atom stereocenters. The van der Waals surface area contributed by atoms with Gasteiger partial charge >= 0.3 is 5.91 Å². The van der Waals surface area contributed by atoms with E-state index in [1.807, 2.05) is 6.07 Å². The minimum absolute atomic E-state index is 0.00522. The van der Waals surface area contributed by atoms with Crippen molar-refractivity contribution in [3.05, 3.63) is 90.0 Å². The van der Waals surface area contributed by atoms with Crippen molar-refractivity contribution >= 4 is 50.7 Å². The minimum Gasteiger partial charge on any atom is -0.428 e. The van der Waals surface area contributed by atoms with Crippen molar-refractivity contribution in [3.63, 3.8) is 0 Å². The Balaban J connectivity index is 1.55. The number of sulfonamides is 1. The highest BCUT2D eigenvalue weighted by Crippen LogP contribution is 2.48. The summed E-state index contributed by atoms with van der Waals surface area (Å²) in [6.45, 7) is 0.0932. The predicted molar refractivity (Wildman–Crippen MR) is 125 cm³/mol. The summed E-state index contributed by atoms with van der Waals surface area (Å²) in [7, 11) is -3.90. The minimum atomic E-state index is -3.90. The zero-order valence-corrected chi connectivity index (χ0v) is 19.9. The molecule has 1 heterocycles. The third-order valence-electron chi connectivity index (χ3n) is 4.72. The van der Waals surface area contributed by atoms with Gasteiger partial charge in [-0.05, 0) is 35.9 Å². The Morgan fingerprint density at radius 1 is 0.879 bits per heavy atom. The van der Waals surface area contributed by atoms with E-state index in [-0.39, 0.29) is 28.5 Å². The topological polar surface area (TPSA) is 93.7 Å². The lowest BCUT2D eigenvalue weighted by atomic mass is 10.2. The molecule has 0 aromatic heterocycles. The first-order valence-electron chi connectivity index (χ1n) is 9.60. The number of carbonyl (C=O) groups is 1. The Hall–Kier alpha value is -2.49. The molecule has 0 aliphatic carbocycles. The van der Waals surface area contributed by atoms with E-state index in [4.69, 9.17) is 44.3 Å². The molecule has 172 valence electrons. The molecule has 7 nitrogen and oxygen atoms in total. The molecule has 0 fully saturated rings. The molecule has 1 aliphatic rings. The van der Waals surface area contributed by atoms with Crippen molar-refractivity contribution in [2.75, 3.05) is 0 Å². The lowest BCUT2D eigenvalue weighted by molar-refractivity contribution is -0.0953. The number of amides is 1. The first-order chi connectivity index (χ1) is 15.6. The lowest BCUT2D eigenvalue weighted by Crippen LogP contribution is -2.63. The summed E-state index contributed by atoms with van der Waals surface area (Å²) in [6.07, 6.45) is 0.